The SMILES string of the molecule is C=CCN1C(c2ccco2)C(=O)c2ccccc2C1C(=O)O. The van der Waals surface area contributed by atoms with Crippen molar-refractivity contribution in [2.24, 2.45) is 0 Å². The van der Waals surface area contributed by atoms with Crippen molar-refractivity contribution >= 4 is 11.8 Å². The Labute approximate surface area is 127 Å². The van der Waals surface area contributed by atoms with Gasteiger partial charge >= 0.3 is 5.97 Å². The molecule has 1 aliphatic rings. The Hall–Kier alpha value is -2.66. The average molecular weight is 297 g/mol. The number of carboxylic acid groups (broad SMARTS) is 1. The predicted octanol–water partition coefficient (Wildman–Crippen LogP) is 2.83. The molecule has 0 amide bonds. The molecular weight excluding hydrogens is 282 g/mol. The van der Waals surface area contributed by atoms with Crippen molar-refractivity contribution in [2.75, 3.05) is 6.54 Å². The molecular formula is C17H15NO4. The fourth-order valence-electron chi connectivity index (χ4n) is 2.96. The number of carboxylic acids is 1. The van der Waals surface area contributed by atoms with Crippen LogP contribution in [-0.4, -0.2) is 28.3 Å². The topological polar surface area (TPSA) is 70.8 Å². The Morgan fingerprint density at radius 1 is 1.32 bits per heavy atom. The van der Waals surface area contributed by atoms with E-state index in [1.165, 1.54) is 6.26 Å². The van der Waals surface area contributed by atoms with Gasteiger partial charge in [0.15, 0.2) is 5.78 Å². The molecule has 1 aromatic carbocycles. The normalized spacial score (nSPS) is 21.4. The lowest BCUT2D eigenvalue weighted by atomic mass is 9.86. The highest BCUT2D eigenvalue weighted by Gasteiger charge is 2.44. The number of rotatable bonds is 4. The number of aliphatic carboxylic acids is 1. The van der Waals surface area contributed by atoms with Gasteiger partial charge in [0, 0.05) is 12.1 Å². The average Bonchev–Trinajstić information content (AvgIpc) is 3.01. The molecule has 2 unspecified atom stereocenters. The number of hydrogen-bond donors (Lipinski definition) is 1. The second-order valence-electron chi connectivity index (χ2n) is 5.10. The van der Waals surface area contributed by atoms with Crippen LogP contribution in [0.1, 0.15) is 33.8 Å². The Balaban J connectivity index is 2.20. The van der Waals surface area contributed by atoms with E-state index in [-0.39, 0.29) is 12.3 Å². The minimum atomic E-state index is -1.00. The van der Waals surface area contributed by atoms with E-state index in [1.54, 1.807) is 47.4 Å². The van der Waals surface area contributed by atoms with E-state index in [4.69, 9.17) is 4.42 Å². The first-order valence-corrected chi connectivity index (χ1v) is 6.91. The summed E-state index contributed by atoms with van der Waals surface area (Å²) in [5, 5.41) is 9.67. The second kappa shape index (κ2) is 5.61. The summed E-state index contributed by atoms with van der Waals surface area (Å²) in [4.78, 5) is 26.2. The molecule has 2 aromatic rings. The second-order valence-corrected chi connectivity index (χ2v) is 5.10. The van der Waals surface area contributed by atoms with Gasteiger partial charge in [0.05, 0.1) is 6.26 Å². The molecule has 112 valence electrons. The van der Waals surface area contributed by atoms with Crippen LogP contribution in [0.15, 0.2) is 59.7 Å². The zero-order valence-corrected chi connectivity index (χ0v) is 11.8. The van der Waals surface area contributed by atoms with Crippen LogP contribution in [0.2, 0.25) is 0 Å². The number of fused-ring (bicyclic) bond motifs is 1. The van der Waals surface area contributed by atoms with Gasteiger partial charge in [0.25, 0.3) is 0 Å². The molecule has 1 N–H and O–H groups in total. The van der Waals surface area contributed by atoms with Crippen LogP contribution in [0.4, 0.5) is 0 Å². The van der Waals surface area contributed by atoms with Crippen LogP contribution in [0.25, 0.3) is 0 Å². The fraction of sp³-hybridized carbons (Fsp3) is 0.176. The molecule has 2 atom stereocenters. The molecule has 0 fully saturated rings. The van der Waals surface area contributed by atoms with Crippen molar-refractivity contribution in [3.8, 4) is 0 Å². The van der Waals surface area contributed by atoms with Gasteiger partial charge in [-0.05, 0) is 17.7 Å². The molecule has 5 heteroatoms. The van der Waals surface area contributed by atoms with Crippen LogP contribution < -0.4 is 0 Å². The lowest BCUT2D eigenvalue weighted by Crippen LogP contribution is -2.45. The maximum atomic E-state index is 12.8. The molecule has 0 saturated heterocycles. The lowest BCUT2D eigenvalue weighted by Gasteiger charge is -2.38. The first kappa shape index (κ1) is 14.3. The van der Waals surface area contributed by atoms with E-state index in [0.717, 1.165) is 0 Å². The van der Waals surface area contributed by atoms with Crippen molar-refractivity contribution in [1.29, 1.82) is 0 Å². The first-order chi connectivity index (χ1) is 10.6. The summed E-state index contributed by atoms with van der Waals surface area (Å²) in [5.74, 6) is -0.726. The fourth-order valence-corrected chi connectivity index (χ4v) is 2.96. The van der Waals surface area contributed by atoms with Gasteiger partial charge in [-0.15, -0.1) is 6.58 Å². The zero-order chi connectivity index (χ0) is 15.7. The summed E-state index contributed by atoms with van der Waals surface area (Å²) in [6.45, 7) is 3.94. The lowest BCUT2D eigenvalue weighted by molar-refractivity contribution is -0.144. The van der Waals surface area contributed by atoms with Gasteiger partial charge in [-0.2, -0.15) is 0 Å². The first-order valence-electron chi connectivity index (χ1n) is 6.91. The Kier molecular flexibility index (Phi) is 3.65. The van der Waals surface area contributed by atoms with E-state index in [0.29, 0.717) is 16.9 Å². The highest BCUT2D eigenvalue weighted by Crippen LogP contribution is 2.40. The molecule has 0 spiro atoms. The minimum Gasteiger partial charge on any atom is -0.480 e. The number of furan rings is 1. The third-order valence-electron chi connectivity index (χ3n) is 3.82. The third-order valence-corrected chi connectivity index (χ3v) is 3.82. The van der Waals surface area contributed by atoms with Crippen molar-refractivity contribution in [3.05, 3.63) is 72.2 Å². The van der Waals surface area contributed by atoms with Gasteiger partial charge < -0.3 is 9.52 Å². The monoisotopic (exact) mass is 297 g/mol. The smallest absolute Gasteiger partial charge is 0.325 e. The van der Waals surface area contributed by atoms with E-state index < -0.39 is 18.1 Å². The van der Waals surface area contributed by atoms with E-state index in [9.17, 15) is 14.7 Å². The van der Waals surface area contributed by atoms with Gasteiger partial charge in [0.2, 0.25) is 0 Å². The van der Waals surface area contributed by atoms with Crippen molar-refractivity contribution in [2.45, 2.75) is 12.1 Å². The van der Waals surface area contributed by atoms with Crippen molar-refractivity contribution in [1.82, 2.24) is 4.90 Å². The third kappa shape index (κ3) is 2.16. The molecule has 0 radical (unpaired) electrons. The summed E-state index contributed by atoms with van der Waals surface area (Å²) in [6, 6.07) is 8.51. The highest BCUT2D eigenvalue weighted by molar-refractivity contribution is 6.04. The summed E-state index contributed by atoms with van der Waals surface area (Å²) >= 11 is 0. The minimum absolute atomic E-state index is 0.162. The number of benzene rings is 1. The summed E-state index contributed by atoms with van der Waals surface area (Å²) in [7, 11) is 0. The Morgan fingerprint density at radius 2 is 2.09 bits per heavy atom. The number of Topliss-reactive ketones (excluding diaryl/α,β-unsaturated/α-hetero) is 1. The summed E-state index contributed by atoms with van der Waals surface area (Å²) in [5.41, 5.74) is 0.932. The van der Waals surface area contributed by atoms with Gasteiger partial charge in [-0.1, -0.05) is 30.3 Å². The molecule has 5 nitrogen and oxygen atoms in total. The molecule has 0 bridgehead atoms. The zero-order valence-electron chi connectivity index (χ0n) is 11.8. The molecule has 1 aliphatic heterocycles. The quantitative estimate of drug-likeness (QED) is 0.879. The Morgan fingerprint density at radius 3 is 2.73 bits per heavy atom. The van der Waals surface area contributed by atoms with E-state index in [2.05, 4.69) is 6.58 Å². The maximum Gasteiger partial charge on any atom is 0.325 e. The number of carbonyl (C=O) groups excluding carboxylic acids is 1. The van der Waals surface area contributed by atoms with Crippen LogP contribution in [0.3, 0.4) is 0 Å². The number of carbonyl (C=O) groups is 2. The van der Waals surface area contributed by atoms with Crippen LogP contribution in [-0.2, 0) is 4.79 Å². The highest BCUT2D eigenvalue weighted by atomic mass is 16.4. The molecule has 3 rings (SSSR count). The van der Waals surface area contributed by atoms with Gasteiger partial charge in [-0.25, -0.2) is 0 Å². The van der Waals surface area contributed by atoms with Crippen molar-refractivity contribution < 1.29 is 19.1 Å². The van der Waals surface area contributed by atoms with Crippen LogP contribution in [0, 0.1) is 0 Å². The molecule has 1 aromatic heterocycles. The van der Waals surface area contributed by atoms with Gasteiger partial charge in [0.1, 0.15) is 17.8 Å². The molecule has 22 heavy (non-hydrogen) atoms. The molecule has 0 saturated carbocycles. The van der Waals surface area contributed by atoms with Gasteiger partial charge in [-0.3, -0.25) is 14.5 Å². The number of nitrogens with zero attached hydrogens (tertiary/aromatic N) is 1. The largest absolute Gasteiger partial charge is 0.480 e. The standard InChI is InChI=1S/C17H15NO4/c1-2-9-18-14(17(20)21)11-6-3-4-7-12(11)16(19)15(18)13-8-5-10-22-13/h2-8,10,14-15H,1,9H2,(H,20,21). The van der Waals surface area contributed by atoms with Crippen LogP contribution >= 0.6 is 0 Å². The van der Waals surface area contributed by atoms with Crippen molar-refractivity contribution in [3.63, 3.8) is 0 Å². The number of hydrogen-bond acceptors (Lipinski definition) is 4. The number of ketones is 1. The van der Waals surface area contributed by atoms with Crippen LogP contribution in [0.5, 0.6) is 0 Å². The maximum absolute atomic E-state index is 12.8. The summed E-state index contributed by atoms with van der Waals surface area (Å²) < 4.78 is 5.37. The Bertz CT molecular complexity index is 720. The van der Waals surface area contributed by atoms with E-state index >= 15 is 0 Å². The van der Waals surface area contributed by atoms with E-state index in [1.807, 2.05) is 0 Å². The summed E-state index contributed by atoms with van der Waals surface area (Å²) in [6.07, 6.45) is 3.07. The predicted molar refractivity (Wildman–Crippen MR) is 79.5 cm³/mol. The molecule has 2 heterocycles. The molecule has 0 aliphatic carbocycles.